The molecule has 2 unspecified atom stereocenters. The third-order valence-corrected chi connectivity index (χ3v) is 10.2. The summed E-state index contributed by atoms with van der Waals surface area (Å²) in [6.45, 7) is 6.85. The molecule has 1 N–H and O–H groups in total. The van der Waals surface area contributed by atoms with E-state index in [9.17, 15) is 21.4 Å². The maximum absolute atomic E-state index is 13.0. The summed E-state index contributed by atoms with van der Waals surface area (Å²) in [6.07, 6.45) is 2.71. The molecule has 2 atom stereocenters. The zero-order valence-corrected chi connectivity index (χ0v) is 14.9. The molecule has 21 heavy (non-hydrogen) atoms. The van der Waals surface area contributed by atoms with Gasteiger partial charge in [0, 0.05) is 13.1 Å². The van der Waals surface area contributed by atoms with Crippen molar-refractivity contribution in [1.29, 1.82) is 0 Å². The van der Waals surface area contributed by atoms with Gasteiger partial charge in [0.15, 0.2) is 0 Å². The SMILES string of the molecule is CCC(C)(C(C)(CC)S(=O)(=O)N1CCCCC1)S(=O)(=O)O. The van der Waals surface area contributed by atoms with E-state index in [4.69, 9.17) is 0 Å². The van der Waals surface area contributed by atoms with Crippen LogP contribution in [0.2, 0.25) is 0 Å². The third-order valence-electron chi connectivity index (χ3n) is 5.26. The molecular weight excluding hydrogens is 314 g/mol. The Morgan fingerprint density at radius 3 is 1.67 bits per heavy atom. The van der Waals surface area contributed by atoms with Crippen LogP contribution >= 0.6 is 0 Å². The molecular formula is C13H27NO5S2. The monoisotopic (exact) mass is 341 g/mol. The van der Waals surface area contributed by atoms with Crippen molar-refractivity contribution in [3.8, 4) is 0 Å². The van der Waals surface area contributed by atoms with Crippen molar-refractivity contribution >= 4 is 20.1 Å². The molecule has 1 heterocycles. The topological polar surface area (TPSA) is 91.8 Å². The van der Waals surface area contributed by atoms with E-state index in [-0.39, 0.29) is 12.8 Å². The second-order valence-corrected chi connectivity index (χ2v) is 10.3. The summed E-state index contributed by atoms with van der Waals surface area (Å²) in [5.41, 5.74) is 0. The van der Waals surface area contributed by atoms with Gasteiger partial charge in [-0.1, -0.05) is 20.3 Å². The quantitative estimate of drug-likeness (QED) is 0.746. The fraction of sp³-hybridized carbons (Fsp3) is 1.00. The molecule has 0 aliphatic carbocycles. The molecule has 0 bridgehead atoms. The van der Waals surface area contributed by atoms with Crippen LogP contribution in [0.25, 0.3) is 0 Å². The highest BCUT2D eigenvalue weighted by Gasteiger charge is 2.60. The van der Waals surface area contributed by atoms with Gasteiger partial charge in [-0.2, -0.15) is 8.42 Å². The van der Waals surface area contributed by atoms with Gasteiger partial charge in [0.1, 0.15) is 9.49 Å². The van der Waals surface area contributed by atoms with Gasteiger partial charge in [0.05, 0.1) is 0 Å². The first-order chi connectivity index (χ1) is 9.48. The van der Waals surface area contributed by atoms with E-state index < -0.39 is 29.6 Å². The fourth-order valence-corrected chi connectivity index (χ4v) is 7.10. The van der Waals surface area contributed by atoms with Crippen molar-refractivity contribution < 1.29 is 21.4 Å². The fourth-order valence-electron chi connectivity index (χ4n) is 3.05. The summed E-state index contributed by atoms with van der Waals surface area (Å²) < 4.78 is 57.6. The maximum Gasteiger partial charge on any atom is 0.272 e. The van der Waals surface area contributed by atoms with E-state index >= 15 is 0 Å². The van der Waals surface area contributed by atoms with Crippen LogP contribution in [0.15, 0.2) is 0 Å². The molecule has 6 nitrogen and oxygen atoms in total. The van der Waals surface area contributed by atoms with Crippen molar-refractivity contribution in [3.63, 3.8) is 0 Å². The predicted octanol–water partition coefficient (Wildman–Crippen LogP) is 2.03. The molecule has 0 aromatic rings. The summed E-state index contributed by atoms with van der Waals surface area (Å²) in [7, 11) is -8.34. The normalized spacial score (nSPS) is 24.2. The molecule has 126 valence electrons. The van der Waals surface area contributed by atoms with E-state index in [0.29, 0.717) is 13.1 Å². The number of sulfonamides is 1. The third kappa shape index (κ3) is 2.87. The minimum atomic E-state index is -4.51. The molecule has 1 saturated heterocycles. The van der Waals surface area contributed by atoms with Crippen molar-refractivity contribution in [2.45, 2.75) is 69.3 Å². The Kier molecular flexibility index (Phi) is 5.51. The Bertz CT molecular complexity index is 565. The van der Waals surface area contributed by atoms with Crippen molar-refractivity contribution in [2.75, 3.05) is 13.1 Å². The minimum Gasteiger partial charge on any atom is -0.285 e. The second kappa shape index (κ2) is 6.14. The number of piperidine rings is 1. The largest absolute Gasteiger partial charge is 0.285 e. The Hall–Kier alpha value is -0.180. The molecule has 0 aromatic heterocycles. The molecule has 1 rings (SSSR count). The number of rotatable bonds is 6. The summed E-state index contributed by atoms with van der Waals surface area (Å²) in [6, 6.07) is 0. The molecule has 8 heteroatoms. The molecule has 0 saturated carbocycles. The second-order valence-electron chi connectivity index (χ2n) is 6.11. The van der Waals surface area contributed by atoms with Crippen LogP contribution in [0.3, 0.4) is 0 Å². The Morgan fingerprint density at radius 1 is 0.905 bits per heavy atom. The molecule has 1 aliphatic heterocycles. The van der Waals surface area contributed by atoms with Crippen LogP contribution in [0.4, 0.5) is 0 Å². The van der Waals surface area contributed by atoms with Gasteiger partial charge in [-0.3, -0.25) is 4.55 Å². The van der Waals surface area contributed by atoms with E-state index in [0.717, 1.165) is 19.3 Å². The average molecular weight is 341 g/mol. The molecule has 1 fully saturated rings. The predicted molar refractivity (Wildman–Crippen MR) is 83.3 cm³/mol. The lowest BCUT2D eigenvalue weighted by Gasteiger charge is -2.45. The smallest absolute Gasteiger partial charge is 0.272 e. The summed E-state index contributed by atoms with van der Waals surface area (Å²) in [5.74, 6) is 0. The molecule has 0 amide bonds. The number of nitrogens with zero attached hydrogens (tertiary/aromatic N) is 1. The Labute approximate surface area is 128 Å². The Morgan fingerprint density at radius 2 is 1.33 bits per heavy atom. The number of hydrogen-bond acceptors (Lipinski definition) is 4. The first kappa shape index (κ1) is 18.9. The van der Waals surface area contributed by atoms with Crippen LogP contribution in [0.1, 0.15) is 59.8 Å². The van der Waals surface area contributed by atoms with Crippen molar-refractivity contribution in [2.24, 2.45) is 0 Å². The number of hydrogen-bond donors (Lipinski definition) is 1. The molecule has 0 aromatic carbocycles. The highest BCUT2D eigenvalue weighted by molar-refractivity contribution is 7.93. The summed E-state index contributed by atoms with van der Waals surface area (Å²) in [5, 5.41) is 0. The molecule has 0 radical (unpaired) electrons. The first-order valence-corrected chi connectivity index (χ1v) is 10.3. The van der Waals surface area contributed by atoms with E-state index in [2.05, 4.69) is 0 Å². The molecule has 1 aliphatic rings. The van der Waals surface area contributed by atoms with Gasteiger partial charge in [-0.05, 0) is 39.5 Å². The van der Waals surface area contributed by atoms with Gasteiger partial charge in [-0.15, -0.1) is 0 Å². The maximum atomic E-state index is 13.0. The van der Waals surface area contributed by atoms with Gasteiger partial charge >= 0.3 is 0 Å². The standard InChI is InChI=1S/C13H27NO5S2/c1-5-12(3,13(4,6-2)21(17,18)19)20(15,16)14-10-8-7-9-11-14/h5-11H2,1-4H3,(H,17,18,19). The first-order valence-electron chi connectivity index (χ1n) is 7.44. The Balaban J connectivity index is 3.43. The van der Waals surface area contributed by atoms with Gasteiger partial charge < -0.3 is 0 Å². The highest BCUT2D eigenvalue weighted by Crippen LogP contribution is 2.43. The van der Waals surface area contributed by atoms with Crippen molar-refractivity contribution in [1.82, 2.24) is 4.31 Å². The van der Waals surface area contributed by atoms with Crippen LogP contribution in [-0.2, 0) is 20.1 Å². The van der Waals surface area contributed by atoms with Crippen LogP contribution in [0, 0.1) is 0 Å². The van der Waals surface area contributed by atoms with Gasteiger partial charge in [0.25, 0.3) is 10.1 Å². The molecule has 0 spiro atoms. The summed E-state index contributed by atoms with van der Waals surface area (Å²) >= 11 is 0. The lowest BCUT2D eigenvalue weighted by atomic mass is 9.89. The van der Waals surface area contributed by atoms with Crippen LogP contribution in [0.5, 0.6) is 0 Å². The van der Waals surface area contributed by atoms with E-state index in [1.165, 1.54) is 18.2 Å². The van der Waals surface area contributed by atoms with Crippen LogP contribution in [-0.4, -0.2) is 48.3 Å². The average Bonchev–Trinajstić information content (AvgIpc) is 2.44. The van der Waals surface area contributed by atoms with Gasteiger partial charge in [-0.25, -0.2) is 12.7 Å². The zero-order chi connectivity index (χ0) is 16.5. The van der Waals surface area contributed by atoms with Crippen LogP contribution < -0.4 is 0 Å². The minimum absolute atomic E-state index is 0.0310. The van der Waals surface area contributed by atoms with Crippen molar-refractivity contribution in [3.05, 3.63) is 0 Å². The highest BCUT2D eigenvalue weighted by atomic mass is 32.2. The van der Waals surface area contributed by atoms with E-state index in [1.54, 1.807) is 13.8 Å². The zero-order valence-electron chi connectivity index (χ0n) is 13.3. The lowest BCUT2D eigenvalue weighted by molar-refractivity contribution is 0.301. The van der Waals surface area contributed by atoms with E-state index in [1.807, 2.05) is 0 Å². The summed E-state index contributed by atoms with van der Waals surface area (Å²) in [4.78, 5) is 0. The lowest BCUT2D eigenvalue weighted by Crippen LogP contribution is -2.62. The van der Waals surface area contributed by atoms with Gasteiger partial charge in [0.2, 0.25) is 10.0 Å².